The average Bonchev–Trinajstić information content (AvgIpc) is 2.22. The monoisotopic (exact) mass is 341 g/mol. The van der Waals surface area contributed by atoms with Crippen molar-refractivity contribution in [3.8, 4) is 0 Å². The molecule has 1 atom stereocenters. The molecular formula is C10H10F2INO2. The zero-order valence-electron chi connectivity index (χ0n) is 8.21. The SMILES string of the molecule is O=C(O)CC(Cc1ccc(F)c(F)c1)NI. The molecule has 0 heterocycles. The van der Waals surface area contributed by atoms with Crippen molar-refractivity contribution in [1.29, 1.82) is 0 Å². The molecule has 0 bridgehead atoms. The van der Waals surface area contributed by atoms with Crippen LogP contribution in [0.25, 0.3) is 0 Å². The van der Waals surface area contributed by atoms with Gasteiger partial charge in [0.1, 0.15) is 0 Å². The lowest BCUT2D eigenvalue weighted by Crippen LogP contribution is -2.26. The second kappa shape index (κ2) is 6.09. The summed E-state index contributed by atoms with van der Waals surface area (Å²) in [7, 11) is 0. The van der Waals surface area contributed by atoms with Gasteiger partial charge in [-0.25, -0.2) is 8.78 Å². The molecule has 0 aliphatic heterocycles. The van der Waals surface area contributed by atoms with Crippen molar-refractivity contribution in [2.75, 3.05) is 0 Å². The fraction of sp³-hybridized carbons (Fsp3) is 0.300. The highest BCUT2D eigenvalue weighted by atomic mass is 127. The molecule has 0 aliphatic rings. The Hall–Kier alpha value is -0.760. The van der Waals surface area contributed by atoms with Crippen LogP contribution in [-0.2, 0) is 11.2 Å². The van der Waals surface area contributed by atoms with Gasteiger partial charge in [0, 0.05) is 28.9 Å². The Labute approximate surface area is 105 Å². The van der Waals surface area contributed by atoms with E-state index in [1.54, 1.807) is 0 Å². The molecule has 0 saturated carbocycles. The van der Waals surface area contributed by atoms with Crippen LogP contribution in [-0.4, -0.2) is 17.1 Å². The zero-order chi connectivity index (χ0) is 12.1. The van der Waals surface area contributed by atoms with E-state index in [0.717, 1.165) is 12.1 Å². The highest BCUT2D eigenvalue weighted by Gasteiger charge is 2.13. The molecule has 0 radical (unpaired) electrons. The van der Waals surface area contributed by atoms with Crippen molar-refractivity contribution >= 4 is 28.8 Å². The topological polar surface area (TPSA) is 49.3 Å². The molecule has 1 rings (SSSR count). The minimum absolute atomic E-state index is 0.0675. The fourth-order valence-electron chi connectivity index (χ4n) is 1.31. The quantitative estimate of drug-likeness (QED) is 0.638. The van der Waals surface area contributed by atoms with E-state index in [9.17, 15) is 13.6 Å². The highest BCUT2D eigenvalue weighted by Crippen LogP contribution is 2.12. The van der Waals surface area contributed by atoms with Gasteiger partial charge in [-0.05, 0) is 24.1 Å². The summed E-state index contributed by atoms with van der Waals surface area (Å²) in [6.07, 6.45) is 0.272. The van der Waals surface area contributed by atoms with Gasteiger partial charge < -0.3 is 5.11 Å². The smallest absolute Gasteiger partial charge is 0.304 e. The molecule has 3 nitrogen and oxygen atoms in total. The zero-order valence-corrected chi connectivity index (χ0v) is 10.4. The first-order chi connectivity index (χ1) is 7.52. The van der Waals surface area contributed by atoms with E-state index in [-0.39, 0.29) is 12.5 Å². The van der Waals surface area contributed by atoms with Gasteiger partial charge >= 0.3 is 5.97 Å². The predicted molar refractivity (Wildman–Crippen MR) is 63.3 cm³/mol. The highest BCUT2D eigenvalue weighted by molar-refractivity contribution is 14.1. The van der Waals surface area contributed by atoms with Gasteiger partial charge in [0.05, 0.1) is 6.42 Å². The molecular weight excluding hydrogens is 331 g/mol. The number of carboxylic acid groups (broad SMARTS) is 1. The van der Waals surface area contributed by atoms with Gasteiger partial charge in [0.2, 0.25) is 0 Å². The van der Waals surface area contributed by atoms with Crippen molar-refractivity contribution < 1.29 is 18.7 Å². The third kappa shape index (κ3) is 4.01. The number of rotatable bonds is 5. The molecule has 1 aromatic carbocycles. The number of halogens is 3. The van der Waals surface area contributed by atoms with E-state index in [1.807, 2.05) is 22.9 Å². The first-order valence-electron chi connectivity index (χ1n) is 4.54. The molecule has 0 aromatic heterocycles. The van der Waals surface area contributed by atoms with Crippen molar-refractivity contribution in [2.45, 2.75) is 18.9 Å². The first-order valence-corrected chi connectivity index (χ1v) is 5.62. The maximum Gasteiger partial charge on any atom is 0.304 e. The van der Waals surface area contributed by atoms with E-state index >= 15 is 0 Å². The summed E-state index contributed by atoms with van der Waals surface area (Å²) in [5.74, 6) is -2.75. The summed E-state index contributed by atoms with van der Waals surface area (Å²) in [6, 6.07) is 3.26. The maximum absolute atomic E-state index is 12.9. The summed E-state index contributed by atoms with van der Waals surface area (Å²) in [5, 5.41) is 8.61. The lowest BCUT2D eigenvalue weighted by atomic mass is 10.0. The predicted octanol–water partition coefficient (Wildman–Crippen LogP) is 2.29. The summed E-state index contributed by atoms with van der Waals surface area (Å²) in [6.45, 7) is 0. The molecule has 0 spiro atoms. The van der Waals surface area contributed by atoms with Crippen LogP contribution in [0.4, 0.5) is 8.78 Å². The molecule has 2 N–H and O–H groups in total. The Balaban J connectivity index is 2.70. The summed E-state index contributed by atoms with van der Waals surface area (Å²) in [4.78, 5) is 10.5. The van der Waals surface area contributed by atoms with Gasteiger partial charge in [-0.1, -0.05) is 6.07 Å². The van der Waals surface area contributed by atoms with E-state index in [2.05, 4.69) is 3.53 Å². The molecule has 6 heteroatoms. The first kappa shape index (κ1) is 13.3. The van der Waals surface area contributed by atoms with Crippen molar-refractivity contribution in [3.05, 3.63) is 35.4 Å². The molecule has 0 amide bonds. The van der Waals surface area contributed by atoms with E-state index in [0.29, 0.717) is 12.0 Å². The van der Waals surface area contributed by atoms with Gasteiger partial charge in [-0.2, -0.15) is 0 Å². The Morgan fingerprint density at radius 3 is 2.62 bits per heavy atom. The molecule has 0 saturated heterocycles. The normalized spacial score (nSPS) is 12.4. The lowest BCUT2D eigenvalue weighted by Gasteiger charge is -2.12. The molecule has 88 valence electrons. The second-order valence-electron chi connectivity index (χ2n) is 3.36. The van der Waals surface area contributed by atoms with Crippen LogP contribution in [0.1, 0.15) is 12.0 Å². The average molecular weight is 341 g/mol. The van der Waals surface area contributed by atoms with Crippen LogP contribution < -0.4 is 3.53 Å². The number of carboxylic acids is 1. The second-order valence-corrected chi connectivity index (χ2v) is 3.98. The third-order valence-electron chi connectivity index (χ3n) is 2.04. The summed E-state index contributed by atoms with van der Waals surface area (Å²) < 4.78 is 28.3. The Morgan fingerprint density at radius 2 is 2.12 bits per heavy atom. The minimum Gasteiger partial charge on any atom is -0.481 e. The van der Waals surface area contributed by atoms with E-state index in [1.165, 1.54) is 6.07 Å². The van der Waals surface area contributed by atoms with Crippen LogP contribution in [0.5, 0.6) is 0 Å². The summed E-state index contributed by atoms with van der Waals surface area (Å²) >= 11 is 1.84. The number of benzene rings is 1. The van der Waals surface area contributed by atoms with Gasteiger partial charge in [0.15, 0.2) is 11.6 Å². The van der Waals surface area contributed by atoms with E-state index < -0.39 is 17.6 Å². The molecule has 1 unspecified atom stereocenters. The third-order valence-corrected chi connectivity index (χ3v) is 2.92. The van der Waals surface area contributed by atoms with Gasteiger partial charge in [-0.3, -0.25) is 8.32 Å². The van der Waals surface area contributed by atoms with Gasteiger partial charge in [0.25, 0.3) is 0 Å². The Morgan fingerprint density at radius 1 is 1.44 bits per heavy atom. The Kier molecular flexibility index (Phi) is 5.07. The number of hydrogen-bond acceptors (Lipinski definition) is 2. The van der Waals surface area contributed by atoms with Crippen molar-refractivity contribution in [3.63, 3.8) is 0 Å². The number of carbonyl (C=O) groups is 1. The van der Waals surface area contributed by atoms with Crippen molar-refractivity contribution in [1.82, 2.24) is 3.53 Å². The number of aliphatic carboxylic acids is 1. The van der Waals surface area contributed by atoms with Crippen LogP contribution in [0.3, 0.4) is 0 Å². The largest absolute Gasteiger partial charge is 0.481 e. The maximum atomic E-state index is 12.9. The molecule has 1 aromatic rings. The van der Waals surface area contributed by atoms with Crippen LogP contribution in [0.15, 0.2) is 18.2 Å². The van der Waals surface area contributed by atoms with Gasteiger partial charge in [-0.15, -0.1) is 0 Å². The molecule has 16 heavy (non-hydrogen) atoms. The molecule has 0 aliphatic carbocycles. The fourth-order valence-corrected chi connectivity index (χ4v) is 1.75. The van der Waals surface area contributed by atoms with Crippen LogP contribution >= 0.6 is 22.9 Å². The van der Waals surface area contributed by atoms with Crippen molar-refractivity contribution in [2.24, 2.45) is 0 Å². The Bertz CT molecular complexity index is 387. The van der Waals surface area contributed by atoms with Crippen LogP contribution in [0.2, 0.25) is 0 Å². The van der Waals surface area contributed by atoms with E-state index in [4.69, 9.17) is 5.11 Å². The number of hydrogen-bond donors (Lipinski definition) is 2. The lowest BCUT2D eigenvalue weighted by molar-refractivity contribution is -0.137. The number of nitrogens with one attached hydrogen (secondary N) is 1. The standard InChI is InChI=1S/C10H10F2INO2/c11-8-2-1-6(4-9(8)12)3-7(14-13)5-10(15)16/h1-2,4,7,14H,3,5H2,(H,15,16). The summed E-state index contributed by atoms with van der Waals surface area (Å²) in [5.41, 5.74) is 0.564. The van der Waals surface area contributed by atoms with Crippen LogP contribution in [0, 0.1) is 11.6 Å². The minimum atomic E-state index is -0.934. The molecule has 0 fully saturated rings.